The molecule has 6 heteroatoms. The van der Waals surface area contributed by atoms with Crippen LogP contribution in [0.2, 0.25) is 0 Å². The molecule has 0 bridgehead atoms. The van der Waals surface area contributed by atoms with Crippen LogP contribution in [-0.4, -0.2) is 33.6 Å². The molecule has 2 atom stereocenters. The lowest BCUT2D eigenvalue weighted by Crippen LogP contribution is -2.45. The van der Waals surface area contributed by atoms with Gasteiger partial charge in [0.05, 0.1) is 11.0 Å². The lowest BCUT2D eigenvalue weighted by molar-refractivity contribution is -0.380. The molecule has 0 amide bonds. The zero-order valence-electron chi connectivity index (χ0n) is 11.1. The number of nitro groups is 1. The summed E-state index contributed by atoms with van der Waals surface area (Å²) in [7, 11) is 0. The lowest BCUT2D eigenvalue weighted by Gasteiger charge is -2.38. The van der Waals surface area contributed by atoms with Gasteiger partial charge in [0.25, 0.3) is 0 Å². The van der Waals surface area contributed by atoms with E-state index in [0.717, 1.165) is 37.8 Å². The molecule has 1 aliphatic rings. The number of aliphatic hydroxyl groups is 1. The number of hydrogen-bond donors (Lipinski definition) is 1. The molecule has 2 rings (SSSR count). The molecule has 1 saturated heterocycles. The van der Waals surface area contributed by atoms with Crippen LogP contribution in [0, 0.1) is 10.1 Å². The van der Waals surface area contributed by atoms with Crippen LogP contribution in [0.1, 0.15) is 38.2 Å². The fraction of sp³-hybridized carbons (Fsp3) is 0.692. The molecule has 1 fully saturated rings. The Kier molecular flexibility index (Phi) is 4.90. The maximum absolute atomic E-state index is 10.7. The van der Waals surface area contributed by atoms with Crippen molar-refractivity contribution in [1.29, 1.82) is 0 Å². The normalized spacial score (nSPS) is 22.3. The van der Waals surface area contributed by atoms with E-state index in [1.165, 1.54) is 11.3 Å². The van der Waals surface area contributed by atoms with Gasteiger partial charge in [-0.3, -0.25) is 15.0 Å². The summed E-state index contributed by atoms with van der Waals surface area (Å²) in [5, 5.41) is 22.8. The van der Waals surface area contributed by atoms with E-state index in [-0.39, 0.29) is 22.1 Å². The number of aliphatic hydroxyl groups excluding tert-OH is 1. The van der Waals surface area contributed by atoms with E-state index in [0.29, 0.717) is 6.54 Å². The highest BCUT2D eigenvalue weighted by molar-refractivity contribution is 7.13. The topological polar surface area (TPSA) is 66.6 Å². The maximum Gasteiger partial charge on any atom is 0.324 e. The second kappa shape index (κ2) is 6.45. The zero-order chi connectivity index (χ0) is 13.8. The average molecular weight is 284 g/mol. The van der Waals surface area contributed by atoms with Crippen molar-refractivity contribution in [2.24, 2.45) is 0 Å². The number of thiophene rings is 1. The van der Waals surface area contributed by atoms with Gasteiger partial charge in [0.2, 0.25) is 0 Å². The first-order valence-electron chi connectivity index (χ1n) is 6.75. The number of nitrogens with zero attached hydrogens (tertiary/aromatic N) is 2. The number of likely N-dealkylation sites (tertiary alicyclic amines) is 1. The van der Waals surface area contributed by atoms with Gasteiger partial charge in [-0.25, -0.2) is 0 Å². The van der Waals surface area contributed by atoms with Gasteiger partial charge in [-0.05, 0) is 31.4 Å². The first-order chi connectivity index (χ1) is 9.11. The predicted octanol–water partition coefficient (Wildman–Crippen LogP) is 2.78. The highest BCUT2D eigenvalue weighted by Gasteiger charge is 2.28. The first kappa shape index (κ1) is 14.4. The molecular weight excluding hydrogens is 264 g/mol. The van der Waals surface area contributed by atoms with Crippen molar-refractivity contribution in [1.82, 2.24) is 4.90 Å². The van der Waals surface area contributed by atoms with Crippen molar-refractivity contribution in [2.45, 2.75) is 51.3 Å². The summed E-state index contributed by atoms with van der Waals surface area (Å²) in [6, 6.07) is 1.84. The van der Waals surface area contributed by atoms with Crippen LogP contribution < -0.4 is 0 Å². The molecule has 0 radical (unpaired) electrons. The SMILES string of the molecule is CCC(O)C1CCCCN1Cc1csc([N+](=O)[O-])c1. The van der Waals surface area contributed by atoms with E-state index in [2.05, 4.69) is 4.90 Å². The highest BCUT2D eigenvalue weighted by atomic mass is 32.1. The molecule has 106 valence electrons. The summed E-state index contributed by atoms with van der Waals surface area (Å²) >= 11 is 1.17. The van der Waals surface area contributed by atoms with Crippen molar-refractivity contribution >= 4 is 16.3 Å². The van der Waals surface area contributed by atoms with E-state index in [1.807, 2.05) is 12.3 Å². The molecule has 2 unspecified atom stereocenters. The molecule has 0 aromatic carbocycles. The lowest BCUT2D eigenvalue weighted by atomic mass is 9.95. The van der Waals surface area contributed by atoms with Gasteiger partial charge in [0.1, 0.15) is 0 Å². The van der Waals surface area contributed by atoms with Crippen LogP contribution in [0.5, 0.6) is 0 Å². The number of rotatable bonds is 5. The summed E-state index contributed by atoms with van der Waals surface area (Å²) in [6.45, 7) is 3.66. The van der Waals surface area contributed by atoms with E-state index in [1.54, 1.807) is 6.07 Å². The Labute approximate surface area is 117 Å². The molecule has 5 nitrogen and oxygen atoms in total. The quantitative estimate of drug-likeness (QED) is 0.667. The largest absolute Gasteiger partial charge is 0.392 e. The second-order valence-electron chi connectivity index (χ2n) is 5.06. The molecule has 0 spiro atoms. The van der Waals surface area contributed by atoms with Gasteiger partial charge in [-0.15, -0.1) is 0 Å². The Morgan fingerprint density at radius 1 is 1.63 bits per heavy atom. The molecule has 0 aliphatic carbocycles. The third-order valence-corrected chi connectivity index (χ3v) is 4.66. The summed E-state index contributed by atoms with van der Waals surface area (Å²) in [5.74, 6) is 0. The van der Waals surface area contributed by atoms with E-state index in [9.17, 15) is 15.2 Å². The van der Waals surface area contributed by atoms with Crippen LogP contribution in [0.25, 0.3) is 0 Å². The van der Waals surface area contributed by atoms with Crippen LogP contribution in [-0.2, 0) is 6.54 Å². The van der Waals surface area contributed by atoms with Crippen LogP contribution in [0.4, 0.5) is 5.00 Å². The smallest absolute Gasteiger partial charge is 0.324 e. The maximum atomic E-state index is 10.7. The Balaban J connectivity index is 2.04. The minimum Gasteiger partial charge on any atom is -0.392 e. The first-order valence-corrected chi connectivity index (χ1v) is 7.63. The van der Waals surface area contributed by atoms with Crippen LogP contribution >= 0.6 is 11.3 Å². The van der Waals surface area contributed by atoms with E-state index >= 15 is 0 Å². The summed E-state index contributed by atoms with van der Waals surface area (Å²) < 4.78 is 0. The summed E-state index contributed by atoms with van der Waals surface area (Å²) in [4.78, 5) is 12.6. The number of piperidine rings is 1. The van der Waals surface area contributed by atoms with Gasteiger partial charge in [-0.2, -0.15) is 0 Å². The van der Waals surface area contributed by atoms with Crippen molar-refractivity contribution < 1.29 is 10.0 Å². The minimum absolute atomic E-state index is 0.192. The van der Waals surface area contributed by atoms with Crippen LogP contribution in [0.3, 0.4) is 0 Å². The summed E-state index contributed by atoms with van der Waals surface area (Å²) in [5.41, 5.74) is 0.979. The molecule has 1 N–H and O–H groups in total. The molecule has 1 aromatic heterocycles. The Morgan fingerprint density at radius 2 is 2.42 bits per heavy atom. The summed E-state index contributed by atoms with van der Waals surface area (Å²) in [6.07, 6.45) is 3.77. The molecule has 19 heavy (non-hydrogen) atoms. The van der Waals surface area contributed by atoms with Gasteiger partial charge in [-0.1, -0.05) is 24.7 Å². The minimum atomic E-state index is -0.345. The number of hydrogen-bond acceptors (Lipinski definition) is 5. The molecule has 0 saturated carbocycles. The van der Waals surface area contributed by atoms with Crippen molar-refractivity contribution in [2.75, 3.05) is 6.54 Å². The Bertz CT molecular complexity index is 435. The Morgan fingerprint density at radius 3 is 3.05 bits per heavy atom. The fourth-order valence-corrected chi connectivity index (χ4v) is 3.42. The van der Waals surface area contributed by atoms with Gasteiger partial charge >= 0.3 is 5.00 Å². The van der Waals surface area contributed by atoms with Gasteiger partial charge in [0, 0.05) is 24.0 Å². The molecular formula is C13H20N2O3S. The van der Waals surface area contributed by atoms with E-state index in [4.69, 9.17) is 0 Å². The predicted molar refractivity (Wildman–Crippen MR) is 75.3 cm³/mol. The van der Waals surface area contributed by atoms with Crippen molar-refractivity contribution in [3.05, 3.63) is 27.1 Å². The highest BCUT2D eigenvalue weighted by Crippen LogP contribution is 2.27. The Hall–Kier alpha value is -0.980. The van der Waals surface area contributed by atoms with Gasteiger partial charge in [0.15, 0.2) is 0 Å². The third kappa shape index (κ3) is 3.52. The third-order valence-electron chi connectivity index (χ3n) is 3.73. The van der Waals surface area contributed by atoms with E-state index < -0.39 is 0 Å². The second-order valence-corrected chi connectivity index (χ2v) is 5.95. The monoisotopic (exact) mass is 284 g/mol. The fourth-order valence-electron chi connectivity index (χ4n) is 2.70. The van der Waals surface area contributed by atoms with Gasteiger partial charge < -0.3 is 5.11 Å². The van der Waals surface area contributed by atoms with Crippen molar-refractivity contribution in [3.8, 4) is 0 Å². The zero-order valence-corrected chi connectivity index (χ0v) is 11.9. The van der Waals surface area contributed by atoms with Crippen molar-refractivity contribution in [3.63, 3.8) is 0 Å². The standard InChI is InChI=1S/C13H20N2O3S/c1-2-12(16)11-5-3-4-6-14(11)8-10-7-13(15(17)18)19-9-10/h7,9,11-12,16H,2-6,8H2,1H3. The van der Waals surface area contributed by atoms with Crippen LogP contribution in [0.15, 0.2) is 11.4 Å². The molecule has 1 aromatic rings. The molecule has 1 aliphatic heterocycles. The average Bonchev–Trinajstić information content (AvgIpc) is 2.87. The molecule has 2 heterocycles.